The molecule has 1 atom stereocenters. The Balaban J connectivity index is 2.44. The third-order valence-electron chi connectivity index (χ3n) is 2.75. The number of hydrogen-bond acceptors (Lipinski definition) is 2. The van der Waals surface area contributed by atoms with E-state index in [1.165, 1.54) is 0 Å². The number of aliphatic hydroxyl groups is 1. The van der Waals surface area contributed by atoms with Crippen molar-refractivity contribution in [2.75, 3.05) is 0 Å². The highest BCUT2D eigenvalue weighted by molar-refractivity contribution is 5.28. The number of nitrogens with one attached hydrogen (secondary N) is 1. The Morgan fingerprint density at radius 3 is 2.62 bits per heavy atom. The van der Waals surface area contributed by atoms with E-state index < -0.39 is 5.60 Å². The van der Waals surface area contributed by atoms with E-state index in [-0.39, 0.29) is 0 Å². The molecule has 1 aromatic heterocycles. The first-order chi connectivity index (χ1) is 7.77. The predicted octanol–water partition coefficient (Wildman–Crippen LogP) is 2.45. The summed E-state index contributed by atoms with van der Waals surface area (Å²) in [4.78, 5) is 7.18. The second-order valence-corrected chi connectivity index (χ2v) is 3.91. The maximum absolute atomic E-state index is 10.7. The molecular weight excluding hydrogens is 200 g/mol. The number of aromatic nitrogens is 2. The minimum Gasteiger partial charge on any atom is -0.377 e. The van der Waals surface area contributed by atoms with Crippen molar-refractivity contribution < 1.29 is 5.11 Å². The van der Waals surface area contributed by atoms with E-state index in [0.717, 1.165) is 12.0 Å². The van der Waals surface area contributed by atoms with Crippen molar-refractivity contribution in [2.24, 2.45) is 0 Å². The summed E-state index contributed by atoms with van der Waals surface area (Å²) < 4.78 is 0. The fraction of sp³-hybridized carbons (Fsp3) is 0.308. The van der Waals surface area contributed by atoms with Gasteiger partial charge in [-0.15, -0.1) is 0 Å². The van der Waals surface area contributed by atoms with Gasteiger partial charge in [-0.2, -0.15) is 0 Å². The summed E-state index contributed by atoms with van der Waals surface area (Å²) in [7, 11) is 0. The summed E-state index contributed by atoms with van der Waals surface area (Å²) in [6, 6.07) is 9.66. The quantitative estimate of drug-likeness (QED) is 0.824. The Hall–Kier alpha value is -1.61. The van der Waals surface area contributed by atoms with Gasteiger partial charge in [0.05, 0.1) is 0 Å². The Kier molecular flexibility index (Phi) is 3.06. The van der Waals surface area contributed by atoms with Crippen molar-refractivity contribution >= 4 is 0 Å². The summed E-state index contributed by atoms with van der Waals surface area (Å²) in [5.74, 6) is 0.612. The highest BCUT2D eigenvalue weighted by atomic mass is 16.3. The average Bonchev–Trinajstić information content (AvgIpc) is 2.84. The normalized spacial score (nSPS) is 14.6. The van der Waals surface area contributed by atoms with Crippen LogP contribution >= 0.6 is 0 Å². The molecule has 0 fully saturated rings. The van der Waals surface area contributed by atoms with Crippen LogP contribution in [-0.4, -0.2) is 15.1 Å². The minimum absolute atomic E-state index is 0.612. The van der Waals surface area contributed by atoms with Gasteiger partial charge in [-0.3, -0.25) is 0 Å². The summed E-state index contributed by atoms with van der Waals surface area (Å²) >= 11 is 0. The Morgan fingerprint density at radius 1 is 1.31 bits per heavy atom. The van der Waals surface area contributed by atoms with Crippen molar-refractivity contribution in [1.82, 2.24) is 9.97 Å². The molecule has 0 saturated heterocycles. The summed E-state index contributed by atoms with van der Waals surface area (Å²) in [6.07, 6.45) is 4.95. The number of imidazole rings is 1. The molecule has 3 nitrogen and oxygen atoms in total. The first kappa shape index (κ1) is 10.9. The van der Waals surface area contributed by atoms with Crippen molar-refractivity contribution in [1.29, 1.82) is 0 Å². The number of benzene rings is 1. The second kappa shape index (κ2) is 4.49. The molecule has 0 amide bonds. The van der Waals surface area contributed by atoms with E-state index in [9.17, 15) is 5.11 Å². The molecule has 0 unspecified atom stereocenters. The Bertz CT molecular complexity index is 424. The molecule has 1 heterocycles. The van der Waals surface area contributed by atoms with Crippen molar-refractivity contribution in [3.05, 3.63) is 54.1 Å². The molecule has 0 bridgehead atoms. The van der Waals surface area contributed by atoms with Crippen LogP contribution in [0.25, 0.3) is 0 Å². The van der Waals surface area contributed by atoms with Crippen LogP contribution in [0.3, 0.4) is 0 Å². The van der Waals surface area contributed by atoms with E-state index in [0.29, 0.717) is 12.2 Å². The maximum Gasteiger partial charge on any atom is 0.147 e. The van der Waals surface area contributed by atoms with Gasteiger partial charge in [0.2, 0.25) is 0 Å². The fourth-order valence-corrected chi connectivity index (χ4v) is 1.97. The molecule has 2 N–H and O–H groups in total. The Labute approximate surface area is 95.2 Å². The van der Waals surface area contributed by atoms with E-state index in [1.54, 1.807) is 12.4 Å². The SMILES string of the molecule is CCC[C@@](O)(c1ccccc1)c1ncc[nH]1. The number of hydrogen-bond donors (Lipinski definition) is 2. The van der Waals surface area contributed by atoms with Crippen molar-refractivity contribution in [2.45, 2.75) is 25.4 Å². The van der Waals surface area contributed by atoms with Crippen LogP contribution < -0.4 is 0 Å². The van der Waals surface area contributed by atoms with Gasteiger partial charge in [-0.05, 0) is 12.0 Å². The minimum atomic E-state index is -1.00. The number of H-pyrrole nitrogens is 1. The van der Waals surface area contributed by atoms with Crippen LogP contribution in [0, 0.1) is 0 Å². The first-order valence-corrected chi connectivity index (χ1v) is 5.55. The average molecular weight is 216 g/mol. The van der Waals surface area contributed by atoms with Gasteiger partial charge in [0, 0.05) is 12.4 Å². The molecule has 0 spiro atoms. The molecule has 1 aromatic carbocycles. The standard InChI is InChI=1S/C13H16N2O/c1-2-8-13(16,12-14-9-10-15-12)11-6-4-3-5-7-11/h3-7,9-10,16H,2,8H2,1H3,(H,14,15)/t13-/m1/s1. The zero-order valence-corrected chi connectivity index (χ0v) is 9.35. The van der Waals surface area contributed by atoms with E-state index in [1.807, 2.05) is 30.3 Å². The highest BCUT2D eigenvalue weighted by Crippen LogP contribution is 2.31. The molecule has 0 radical (unpaired) electrons. The van der Waals surface area contributed by atoms with E-state index >= 15 is 0 Å². The maximum atomic E-state index is 10.7. The molecule has 0 saturated carbocycles. The fourth-order valence-electron chi connectivity index (χ4n) is 1.97. The molecular formula is C13H16N2O. The lowest BCUT2D eigenvalue weighted by molar-refractivity contribution is 0.0616. The van der Waals surface area contributed by atoms with Gasteiger partial charge < -0.3 is 10.1 Å². The lowest BCUT2D eigenvalue weighted by atomic mass is 9.88. The summed E-state index contributed by atoms with van der Waals surface area (Å²) in [5.41, 5.74) is -0.119. The van der Waals surface area contributed by atoms with Crippen LogP contribution in [0.15, 0.2) is 42.7 Å². The van der Waals surface area contributed by atoms with Gasteiger partial charge >= 0.3 is 0 Å². The largest absolute Gasteiger partial charge is 0.377 e. The van der Waals surface area contributed by atoms with Gasteiger partial charge in [-0.25, -0.2) is 4.98 Å². The molecule has 2 rings (SSSR count). The predicted molar refractivity (Wildman–Crippen MR) is 62.9 cm³/mol. The summed E-state index contributed by atoms with van der Waals surface area (Å²) in [6.45, 7) is 2.05. The molecule has 2 aromatic rings. The van der Waals surface area contributed by atoms with Crippen LogP contribution in [0.1, 0.15) is 31.2 Å². The zero-order valence-electron chi connectivity index (χ0n) is 9.35. The first-order valence-electron chi connectivity index (χ1n) is 5.55. The molecule has 84 valence electrons. The number of nitrogens with zero attached hydrogens (tertiary/aromatic N) is 1. The number of rotatable bonds is 4. The van der Waals surface area contributed by atoms with E-state index in [2.05, 4.69) is 16.9 Å². The number of aromatic amines is 1. The lowest BCUT2D eigenvalue weighted by Gasteiger charge is -2.26. The van der Waals surface area contributed by atoms with Crippen LogP contribution in [-0.2, 0) is 5.60 Å². The van der Waals surface area contributed by atoms with Gasteiger partial charge in [0.1, 0.15) is 11.4 Å². The molecule has 0 aliphatic heterocycles. The van der Waals surface area contributed by atoms with Gasteiger partial charge in [0.25, 0.3) is 0 Å². The molecule has 16 heavy (non-hydrogen) atoms. The third-order valence-corrected chi connectivity index (χ3v) is 2.75. The third kappa shape index (κ3) is 1.86. The molecule has 0 aliphatic carbocycles. The monoisotopic (exact) mass is 216 g/mol. The van der Waals surface area contributed by atoms with Crippen molar-refractivity contribution in [3.63, 3.8) is 0 Å². The molecule has 0 aliphatic rings. The zero-order chi connectivity index (χ0) is 11.4. The second-order valence-electron chi connectivity index (χ2n) is 3.91. The molecule has 3 heteroatoms. The van der Waals surface area contributed by atoms with Crippen molar-refractivity contribution in [3.8, 4) is 0 Å². The smallest absolute Gasteiger partial charge is 0.147 e. The van der Waals surface area contributed by atoms with Gasteiger partial charge in [0.15, 0.2) is 0 Å². The highest BCUT2D eigenvalue weighted by Gasteiger charge is 2.32. The van der Waals surface area contributed by atoms with E-state index in [4.69, 9.17) is 0 Å². The summed E-state index contributed by atoms with van der Waals surface area (Å²) in [5, 5.41) is 10.7. The van der Waals surface area contributed by atoms with Crippen LogP contribution in [0.2, 0.25) is 0 Å². The van der Waals surface area contributed by atoms with Crippen LogP contribution in [0.4, 0.5) is 0 Å². The lowest BCUT2D eigenvalue weighted by Crippen LogP contribution is -2.28. The topological polar surface area (TPSA) is 48.9 Å². The van der Waals surface area contributed by atoms with Gasteiger partial charge in [-0.1, -0.05) is 43.7 Å². The van der Waals surface area contributed by atoms with Crippen LogP contribution in [0.5, 0.6) is 0 Å². The Morgan fingerprint density at radius 2 is 2.06 bits per heavy atom.